The summed E-state index contributed by atoms with van der Waals surface area (Å²) < 4.78 is 0. The Morgan fingerprint density at radius 3 is 2.60 bits per heavy atom. The Kier molecular flexibility index (Phi) is 3.58. The van der Waals surface area contributed by atoms with E-state index in [2.05, 4.69) is 15.2 Å². The molecular formula is C14H20N4O2. The lowest BCUT2D eigenvalue weighted by molar-refractivity contribution is 0.0226. The lowest BCUT2D eigenvalue weighted by atomic mass is 10.0. The number of likely N-dealkylation sites (tertiary alicyclic amines) is 1. The zero-order valence-corrected chi connectivity index (χ0v) is 11.7. The minimum Gasteiger partial charge on any atom is -0.335 e. The molecule has 2 saturated heterocycles. The largest absolute Gasteiger partial charge is 0.335 e. The number of amides is 1. The van der Waals surface area contributed by atoms with E-state index in [1.54, 1.807) is 24.0 Å². The number of hydrogen-bond donors (Lipinski definition) is 2. The van der Waals surface area contributed by atoms with Crippen molar-refractivity contribution in [2.24, 2.45) is 0 Å². The highest BCUT2D eigenvalue weighted by atomic mass is 16.2. The number of nitrogens with zero attached hydrogens (tertiary/aromatic N) is 2. The molecule has 6 heteroatoms. The topological polar surface area (TPSA) is 68.4 Å². The van der Waals surface area contributed by atoms with E-state index in [1.807, 2.05) is 0 Å². The van der Waals surface area contributed by atoms with Gasteiger partial charge in [0.15, 0.2) is 0 Å². The Labute approximate surface area is 117 Å². The van der Waals surface area contributed by atoms with Crippen LogP contribution in [-0.4, -0.2) is 66.0 Å². The fraction of sp³-hybridized carbons (Fsp3) is 0.571. The molecule has 3 heterocycles. The summed E-state index contributed by atoms with van der Waals surface area (Å²) in [5.74, 6) is -0.155. The maximum Gasteiger partial charge on any atom is 0.260 e. The molecule has 0 aromatic carbocycles. The van der Waals surface area contributed by atoms with Crippen LogP contribution in [0.1, 0.15) is 16.1 Å². The molecule has 1 amide bonds. The summed E-state index contributed by atoms with van der Waals surface area (Å²) in [5.41, 5.74) is 0.726. The molecule has 1 aromatic heterocycles. The molecule has 2 N–H and O–H groups in total. The van der Waals surface area contributed by atoms with Crippen molar-refractivity contribution in [2.75, 3.05) is 39.3 Å². The first kappa shape index (κ1) is 13.3. The smallest absolute Gasteiger partial charge is 0.260 e. The minimum absolute atomic E-state index is 0.155. The van der Waals surface area contributed by atoms with Gasteiger partial charge >= 0.3 is 0 Å². The SMILES string of the molecule is Cc1ccc(C(=O)N2CC(N3CCNCC3)C2)c(=O)[nH]1. The number of aromatic amines is 1. The molecule has 0 bridgehead atoms. The van der Waals surface area contributed by atoms with Gasteiger partial charge in [0.05, 0.1) is 0 Å². The second-order valence-corrected chi connectivity index (χ2v) is 5.53. The van der Waals surface area contributed by atoms with Crippen LogP contribution in [-0.2, 0) is 0 Å². The van der Waals surface area contributed by atoms with Gasteiger partial charge in [0, 0.05) is 51.0 Å². The number of pyridine rings is 1. The van der Waals surface area contributed by atoms with Gasteiger partial charge in [-0.3, -0.25) is 14.5 Å². The number of rotatable bonds is 2. The molecule has 1 aromatic rings. The quantitative estimate of drug-likeness (QED) is 0.758. The summed E-state index contributed by atoms with van der Waals surface area (Å²) in [5, 5.41) is 3.32. The third-order valence-electron chi connectivity index (χ3n) is 4.10. The van der Waals surface area contributed by atoms with Crippen LogP contribution in [0.25, 0.3) is 0 Å². The van der Waals surface area contributed by atoms with Gasteiger partial charge in [0.1, 0.15) is 5.56 Å². The summed E-state index contributed by atoms with van der Waals surface area (Å²) in [4.78, 5) is 30.9. The fourth-order valence-corrected chi connectivity index (χ4v) is 2.81. The molecule has 0 aliphatic carbocycles. The number of carbonyl (C=O) groups is 1. The second-order valence-electron chi connectivity index (χ2n) is 5.53. The van der Waals surface area contributed by atoms with Crippen molar-refractivity contribution in [2.45, 2.75) is 13.0 Å². The molecule has 0 radical (unpaired) electrons. The van der Waals surface area contributed by atoms with Crippen LogP contribution < -0.4 is 10.9 Å². The Morgan fingerprint density at radius 1 is 1.25 bits per heavy atom. The van der Waals surface area contributed by atoms with Gasteiger partial charge in [-0.2, -0.15) is 0 Å². The van der Waals surface area contributed by atoms with E-state index in [4.69, 9.17) is 0 Å². The Morgan fingerprint density at radius 2 is 1.95 bits per heavy atom. The number of aromatic nitrogens is 1. The Balaban J connectivity index is 1.61. The van der Waals surface area contributed by atoms with Crippen LogP contribution in [0.5, 0.6) is 0 Å². The van der Waals surface area contributed by atoms with Crippen LogP contribution in [0.4, 0.5) is 0 Å². The minimum atomic E-state index is -0.291. The summed E-state index contributed by atoms with van der Waals surface area (Å²) in [6, 6.07) is 3.84. The summed E-state index contributed by atoms with van der Waals surface area (Å²) in [6.45, 7) is 7.37. The molecule has 6 nitrogen and oxygen atoms in total. The van der Waals surface area contributed by atoms with Crippen molar-refractivity contribution in [3.63, 3.8) is 0 Å². The van der Waals surface area contributed by atoms with Crippen molar-refractivity contribution >= 4 is 5.91 Å². The van der Waals surface area contributed by atoms with Crippen molar-refractivity contribution in [1.82, 2.24) is 20.1 Å². The van der Waals surface area contributed by atoms with Gasteiger partial charge in [-0.15, -0.1) is 0 Å². The zero-order chi connectivity index (χ0) is 14.1. The van der Waals surface area contributed by atoms with Crippen molar-refractivity contribution in [1.29, 1.82) is 0 Å². The van der Waals surface area contributed by atoms with Crippen molar-refractivity contribution < 1.29 is 4.79 Å². The molecule has 0 atom stereocenters. The van der Waals surface area contributed by atoms with E-state index in [9.17, 15) is 9.59 Å². The summed E-state index contributed by atoms with van der Waals surface area (Å²) in [6.07, 6.45) is 0. The molecule has 2 fully saturated rings. The van der Waals surface area contributed by atoms with Crippen LogP contribution in [0, 0.1) is 6.92 Å². The Bertz CT molecular complexity index is 557. The molecule has 0 saturated carbocycles. The van der Waals surface area contributed by atoms with E-state index < -0.39 is 0 Å². The van der Waals surface area contributed by atoms with Crippen molar-refractivity contribution in [3.05, 3.63) is 33.7 Å². The van der Waals surface area contributed by atoms with E-state index in [-0.39, 0.29) is 17.0 Å². The number of nitrogens with one attached hydrogen (secondary N) is 2. The van der Waals surface area contributed by atoms with E-state index in [1.165, 1.54) is 0 Å². The number of H-pyrrole nitrogens is 1. The van der Waals surface area contributed by atoms with E-state index in [0.29, 0.717) is 6.04 Å². The lowest BCUT2D eigenvalue weighted by Crippen LogP contribution is -2.64. The number of piperazine rings is 1. The predicted octanol–water partition coefficient (Wildman–Crippen LogP) is -0.587. The molecule has 108 valence electrons. The first-order chi connectivity index (χ1) is 9.65. The molecule has 20 heavy (non-hydrogen) atoms. The highest BCUT2D eigenvalue weighted by Gasteiger charge is 2.36. The molecule has 3 rings (SSSR count). The highest BCUT2D eigenvalue weighted by molar-refractivity contribution is 5.94. The Hall–Kier alpha value is -1.66. The first-order valence-electron chi connectivity index (χ1n) is 7.09. The maximum absolute atomic E-state index is 12.3. The number of hydrogen-bond acceptors (Lipinski definition) is 4. The van der Waals surface area contributed by atoms with Crippen LogP contribution in [0.15, 0.2) is 16.9 Å². The van der Waals surface area contributed by atoms with Crippen LogP contribution in [0.3, 0.4) is 0 Å². The van der Waals surface area contributed by atoms with Gasteiger partial charge in [-0.1, -0.05) is 0 Å². The average Bonchev–Trinajstić information content (AvgIpc) is 2.38. The fourth-order valence-electron chi connectivity index (χ4n) is 2.81. The van der Waals surface area contributed by atoms with Gasteiger partial charge in [0.25, 0.3) is 11.5 Å². The number of aryl methyl sites for hydroxylation is 1. The average molecular weight is 276 g/mol. The highest BCUT2D eigenvalue weighted by Crippen LogP contribution is 2.17. The van der Waals surface area contributed by atoms with Crippen molar-refractivity contribution in [3.8, 4) is 0 Å². The van der Waals surface area contributed by atoms with Crippen LogP contribution >= 0.6 is 0 Å². The first-order valence-corrected chi connectivity index (χ1v) is 7.09. The van der Waals surface area contributed by atoms with Gasteiger partial charge in [0.2, 0.25) is 0 Å². The molecule has 0 spiro atoms. The summed E-state index contributed by atoms with van der Waals surface area (Å²) >= 11 is 0. The zero-order valence-electron chi connectivity index (χ0n) is 11.7. The van der Waals surface area contributed by atoms with E-state index >= 15 is 0 Å². The number of carbonyl (C=O) groups excluding carboxylic acids is 1. The standard InChI is InChI=1S/C14H20N4O2/c1-10-2-3-12(13(19)16-10)14(20)18-8-11(9-18)17-6-4-15-5-7-17/h2-3,11,15H,4-9H2,1H3,(H,16,19). The van der Waals surface area contributed by atoms with Gasteiger partial charge in [-0.25, -0.2) is 0 Å². The third-order valence-corrected chi connectivity index (χ3v) is 4.10. The maximum atomic E-state index is 12.3. The molecule has 0 unspecified atom stereocenters. The lowest BCUT2D eigenvalue weighted by Gasteiger charge is -2.46. The van der Waals surface area contributed by atoms with Gasteiger partial charge < -0.3 is 15.2 Å². The molecule has 2 aliphatic heterocycles. The van der Waals surface area contributed by atoms with Gasteiger partial charge in [-0.05, 0) is 19.1 Å². The normalized spacial score (nSPS) is 20.8. The second kappa shape index (κ2) is 5.38. The predicted molar refractivity (Wildman–Crippen MR) is 75.9 cm³/mol. The third kappa shape index (κ3) is 2.48. The van der Waals surface area contributed by atoms with Crippen LogP contribution in [0.2, 0.25) is 0 Å². The monoisotopic (exact) mass is 276 g/mol. The summed E-state index contributed by atoms with van der Waals surface area (Å²) in [7, 11) is 0. The van der Waals surface area contributed by atoms with E-state index in [0.717, 1.165) is 45.0 Å². The molecule has 2 aliphatic rings. The molecular weight excluding hydrogens is 256 g/mol.